The van der Waals surface area contributed by atoms with E-state index in [4.69, 9.17) is 4.43 Å². The molecule has 0 saturated heterocycles. The summed E-state index contributed by atoms with van der Waals surface area (Å²) in [7, 11) is -1.77. The number of benzene rings is 2. The first kappa shape index (κ1) is 25.0. The van der Waals surface area contributed by atoms with Crippen molar-refractivity contribution in [2.45, 2.75) is 116 Å². The molecule has 2 aromatic carbocycles. The van der Waals surface area contributed by atoms with Crippen LogP contribution in [-0.2, 0) is 0 Å². The first-order valence-electron chi connectivity index (χ1n) is 12.9. The van der Waals surface area contributed by atoms with Gasteiger partial charge in [-0.25, -0.2) is 0 Å². The third-order valence-corrected chi connectivity index (χ3v) is 11.0. The Labute approximate surface area is 187 Å². The van der Waals surface area contributed by atoms with Gasteiger partial charge in [0, 0.05) is 0 Å². The van der Waals surface area contributed by atoms with Gasteiger partial charge in [0.2, 0.25) is 0 Å². The summed E-state index contributed by atoms with van der Waals surface area (Å²) in [6.45, 7) is 6.93. The van der Waals surface area contributed by atoms with Crippen molar-refractivity contribution in [3.05, 3.63) is 42.5 Å². The van der Waals surface area contributed by atoms with Crippen LogP contribution >= 0.6 is 0 Å². The van der Waals surface area contributed by atoms with Crippen molar-refractivity contribution in [1.82, 2.24) is 0 Å². The second kappa shape index (κ2) is 14.7. The molecule has 0 aliphatic rings. The highest BCUT2D eigenvalue weighted by atomic mass is 28.4. The number of rotatable bonds is 17. The highest BCUT2D eigenvalue weighted by Gasteiger charge is 2.35. The fraction of sp³-hybridized carbons (Fsp3) is 0.643. The van der Waals surface area contributed by atoms with E-state index in [9.17, 15) is 0 Å². The summed E-state index contributed by atoms with van der Waals surface area (Å²) in [4.78, 5) is 0. The van der Waals surface area contributed by atoms with Gasteiger partial charge in [0.25, 0.3) is 8.32 Å². The Morgan fingerprint density at radius 3 is 1.57 bits per heavy atom. The Hall–Kier alpha value is -1.28. The van der Waals surface area contributed by atoms with Crippen LogP contribution in [0.3, 0.4) is 0 Å². The SMILES string of the molecule is CCCCCC[Si](CCCCCC)(CCCCCC)Oc1ccc2ccccc2c1. The number of hydrogen-bond acceptors (Lipinski definition) is 1. The molecule has 0 atom stereocenters. The topological polar surface area (TPSA) is 9.23 Å². The van der Waals surface area contributed by atoms with E-state index in [1.54, 1.807) is 0 Å². The largest absolute Gasteiger partial charge is 0.543 e. The fourth-order valence-corrected chi connectivity index (χ4v) is 9.00. The van der Waals surface area contributed by atoms with Gasteiger partial charge in [-0.15, -0.1) is 0 Å². The summed E-state index contributed by atoms with van der Waals surface area (Å²) in [6.07, 6.45) is 16.2. The maximum atomic E-state index is 7.09. The summed E-state index contributed by atoms with van der Waals surface area (Å²) in [5.74, 6) is 1.13. The van der Waals surface area contributed by atoms with Crippen LogP contribution in [0.25, 0.3) is 10.8 Å². The molecule has 0 spiro atoms. The molecule has 1 nitrogen and oxygen atoms in total. The van der Waals surface area contributed by atoms with Gasteiger partial charge in [-0.05, 0) is 41.0 Å². The average Bonchev–Trinajstić information content (AvgIpc) is 2.77. The molecule has 0 heterocycles. The molecule has 0 aliphatic carbocycles. The zero-order valence-electron chi connectivity index (χ0n) is 20.1. The lowest BCUT2D eigenvalue weighted by molar-refractivity contribution is 0.503. The van der Waals surface area contributed by atoms with Crippen LogP contribution in [0.4, 0.5) is 0 Å². The highest BCUT2D eigenvalue weighted by molar-refractivity contribution is 6.74. The normalized spacial score (nSPS) is 11.8. The van der Waals surface area contributed by atoms with Crippen LogP contribution in [0.15, 0.2) is 42.5 Å². The van der Waals surface area contributed by atoms with Gasteiger partial charge >= 0.3 is 0 Å². The molecule has 0 N–H and O–H groups in total. The van der Waals surface area contributed by atoms with Gasteiger partial charge in [0.1, 0.15) is 5.75 Å². The predicted octanol–water partition coefficient (Wildman–Crippen LogP) is 9.90. The van der Waals surface area contributed by atoms with E-state index in [0.717, 1.165) is 5.75 Å². The molecule has 0 radical (unpaired) electrons. The van der Waals surface area contributed by atoms with Crippen LogP contribution in [0.2, 0.25) is 18.1 Å². The molecule has 0 fully saturated rings. The van der Waals surface area contributed by atoms with Crippen molar-refractivity contribution in [2.75, 3.05) is 0 Å². The van der Waals surface area contributed by atoms with E-state index < -0.39 is 8.32 Å². The summed E-state index contributed by atoms with van der Waals surface area (Å²) in [5.41, 5.74) is 0. The van der Waals surface area contributed by atoms with Crippen LogP contribution in [-0.4, -0.2) is 8.32 Å². The van der Waals surface area contributed by atoms with E-state index in [-0.39, 0.29) is 0 Å². The molecule has 30 heavy (non-hydrogen) atoms. The van der Waals surface area contributed by atoms with Crippen molar-refractivity contribution in [3.8, 4) is 5.75 Å². The van der Waals surface area contributed by atoms with Crippen LogP contribution in [0.1, 0.15) is 97.8 Å². The maximum Gasteiger partial charge on any atom is 0.251 e. The Kier molecular flexibility index (Phi) is 12.2. The van der Waals surface area contributed by atoms with Gasteiger partial charge in [0.15, 0.2) is 0 Å². The Balaban J connectivity index is 2.17. The van der Waals surface area contributed by atoms with Crippen molar-refractivity contribution in [3.63, 3.8) is 0 Å². The molecule has 0 aromatic heterocycles. The lowest BCUT2D eigenvalue weighted by Crippen LogP contribution is -2.41. The molecular weight excluding hydrogens is 380 g/mol. The summed E-state index contributed by atoms with van der Waals surface area (Å²) < 4.78 is 7.09. The Bertz CT molecular complexity index is 665. The second-order valence-corrected chi connectivity index (χ2v) is 13.3. The second-order valence-electron chi connectivity index (χ2n) is 9.23. The standard InChI is InChI=1S/C28H46OSi/c1-4-7-10-15-22-30(23-16-11-8-5-2,24-17-12-9-6-3)29-28-21-20-26-18-13-14-19-27(26)25-28/h13-14,18-21,25H,4-12,15-17,22-24H2,1-3H3. The lowest BCUT2D eigenvalue weighted by Gasteiger charge is -2.33. The molecule has 0 amide bonds. The predicted molar refractivity (Wildman–Crippen MR) is 137 cm³/mol. The van der Waals surface area contributed by atoms with Crippen LogP contribution < -0.4 is 4.43 Å². The van der Waals surface area contributed by atoms with E-state index in [0.29, 0.717) is 0 Å². The number of fused-ring (bicyclic) bond motifs is 1. The molecule has 0 bridgehead atoms. The van der Waals surface area contributed by atoms with Gasteiger partial charge in [-0.3, -0.25) is 0 Å². The molecule has 2 aromatic rings. The molecule has 168 valence electrons. The Morgan fingerprint density at radius 1 is 0.567 bits per heavy atom. The zero-order chi connectivity index (χ0) is 21.5. The zero-order valence-corrected chi connectivity index (χ0v) is 21.1. The first-order valence-corrected chi connectivity index (χ1v) is 15.4. The van der Waals surface area contributed by atoms with Crippen LogP contribution in [0.5, 0.6) is 5.75 Å². The molecule has 0 saturated carbocycles. The highest BCUT2D eigenvalue weighted by Crippen LogP contribution is 2.33. The van der Waals surface area contributed by atoms with E-state index in [2.05, 4.69) is 63.2 Å². The minimum absolute atomic E-state index is 1.13. The van der Waals surface area contributed by atoms with E-state index in [1.807, 2.05) is 0 Å². The minimum Gasteiger partial charge on any atom is -0.543 e. The summed E-state index contributed by atoms with van der Waals surface area (Å²) in [5, 5.41) is 2.62. The molecule has 0 aliphatic heterocycles. The molecule has 2 rings (SSSR count). The molecule has 0 unspecified atom stereocenters. The van der Waals surface area contributed by atoms with Gasteiger partial charge in [-0.1, -0.05) is 128 Å². The third-order valence-electron chi connectivity index (χ3n) is 6.51. The monoisotopic (exact) mass is 426 g/mol. The fourth-order valence-electron chi connectivity index (χ4n) is 4.63. The number of unbranched alkanes of at least 4 members (excludes halogenated alkanes) is 9. The molecular formula is C28H46OSi. The van der Waals surface area contributed by atoms with Gasteiger partial charge in [0.05, 0.1) is 0 Å². The van der Waals surface area contributed by atoms with E-state index >= 15 is 0 Å². The number of hydrogen-bond donors (Lipinski definition) is 0. The maximum absolute atomic E-state index is 7.09. The summed E-state index contributed by atoms with van der Waals surface area (Å²) in [6, 6.07) is 19.5. The lowest BCUT2D eigenvalue weighted by atomic mass is 10.1. The van der Waals surface area contributed by atoms with Crippen molar-refractivity contribution < 1.29 is 4.43 Å². The third kappa shape index (κ3) is 8.84. The minimum atomic E-state index is -1.77. The average molecular weight is 427 g/mol. The van der Waals surface area contributed by atoms with Crippen molar-refractivity contribution in [2.24, 2.45) is 0 Å². The smallest absolute Gasteiger partial charge is 0.251 e. The summed E-state index contributed by atoms with van der Waals surface area (Å²) >= 11 is 0. The first-order chi connectivity index (χ1) is 14.7. The van der Waals surface area contributed by atoms with Crippen molar-refractivity contribution >= 4 is 19.1 Å². The van der Waals surface area contributed by atoms with E-state index in [1.165, 1.54) is 106 Å². The van der Waals surface area contributed by atoms with Crippen molar-refractivity contribution in [1.29, 1.82) is 0 Å². The van der Waals surface area contributed by atoms with Gasteiger partial charge in [-0.2, -0.15) is 0 Å². The van der Waals surface area contributed by atoms with Gasteiger partial charge < -0.3 is 4.43 Å². The van der Waals surface area contributed by atoms with Crippen LogP contribution in [0, 0.1) is 0 Å². The Morgan fingerprint density at radius 2 is 1.07 bits per heavy atom. The quantitative estimate of drug-likeness (QED) is 0.180. The molecule has 2 heteroatoms.